The molecular weight excluding hydrogens is 292 g/mol. The van der Waals surface area contributed by atoms with Gasteiger partial charge in [-0.15, -0.1) is 0 Å². The maximum atomic E-state index is 12.1. The summed E-state index contributed by atoms with van der Waals surface area (Å²) in [7, 11) is 1.59. The van der Waals surface area contributed by atoms with E-state index in [0.717, 1.165) is 42.8 Å². The van der Waals surface area contributed by atoms with Gasteiger partial charge in [0.25, 0.3) is 5.91 Å². The highest BCUT2D eigenvalue weighted by Gasteiger charge is 2.44. The van der Waals surface area contributed by atoms with Crippen molar-refractivity contribution < 1.29 is 14.5 Å². The summed E-state index contributed by atoms with van der Waals surface area (Å²) < 4.78 is 0. The molecule has 2 aliphatic heterocycles. The van der Waals surface area contributed by atoms with E-state index in [0.29, 0.717) is 12.3 Å². The molecule has 120 valence electrons. The number of quaternary nitrogens is 1. The number of aromatic nitrogens is 2. The Morgan fingerprint density at radius 3 is 2.61 bits per heavy atom. The van der Waals surface area contributed by atoms with Gasteiger partial charge in [-0.05, 0) is 12.1 Å². The minimum atomic E-state index is -0.177. The highest BCUT2D eigenvalue weighted by atomic mass is 16.2. The number of hydrogen-bond acceptors (Lipinski definition) is 3. The number of carbonyl (C=O) groups is 2. The molecule has 0 radical (unpaired) electrons. The predicted molar refractivity (Wildman–Crippen MR) is 84.9 cm³/mol. The van der Waals surface area contributed by atoms with Crippen LogP contribution in [0.3, 0.4) is 0 Å². The molecule has 6 heteroatoms. The minimum absolute atomic E-state index is 0.0211. The van der Waals surface area contributed by atoms with Crippen LogP contribution in [0.5, 0.6) is 0 Å². The van der Waals surface area contributed by atoms with E-state index < -0.39 is 0 Å². The summed E-state index contributed by atoms with van der Waals surface area (Å²) in [5.41, 5.74) is 2.09. The normalized spacial score (nSPS) is 28.7. The Kier molecular flexibility index (Phi) is 3.41. The van der Waals surface area contributed by atoms with Crippen LogP contribution in [0, 0.1) is 0 Å². The third kappa shape index (κ3) is 2.43. The number of rotatable bonds is 2. The molecule has 2 N–H and O–H groups in total. The summed E-state index contributed by atoms with van der Waals surface area (Å²) in [6.07, 6.45) is 2.35. The van der Waals surface area contributed by atoms with Crippen LogP contribution in [-0.4, -0.2) is 52.9 Å². The Balaban J connectivity index is 1.45. The standard InChI is InChI=1S/C17H20N4O2/c1-20-15(22)10-14(17(20)23)21-8-6-11(7-9-21)16-18-12-4-2-3-5-13(12)19-16/h2-5,11,14H,6-10H2,1H3,(H,18,19)/p+1/t14-/m0/s1. The summed E-state index contributed by atoms with van der Waals surface area (Å²) in [5, 5.41) is 0. The highest BCUT2D eigenvalue weighted by molar-refractivity contribution is 6.04. The maximum Gasteiger partial charge on any atom is 0.287 e. The molecule has 1 atom stereocenters. The van der Waals surface area contributed by atoms with Crippen molar-refractivity contribution in [2.75, 3.05) is 20.1 Å². The second-order valence-electron chi connectivity index (χ2n) is 6.62. The molecular formula is C17H21N4O2+. The van der Waals surface area contributed by atoms with Gasteiger partial charge < -0.3 is 9.88 Å². The number of carbonyl (C=O) groups excluding carboxylic acids is 2. The van der Waals surface area contributed by atoms with Gasteiger partial charge in [0.15, 0.2) is 6.04 Å². The number of likely N-dealkylation sites (N-methyl/N-ethyl adjacent to an activating group) is 1. The van der Waals surface area contributed by atoms with Gasteiger partial charge in [-0.25, -0.2) is 4.98 Å². The number of imide groups is 1. The fourth-order valence-corrected chi connectivity index (χ4v) is 3.85. The molecule has 4 rings (SSSR count). The van der Waals surface area contributed by atoms with E-state index in [1.165, 1.54) is 9.80 Å². The lowest BCUT2D eigenvalue weighted by Gasteiger charge is -2.31. The van der Waals surface area contributed by atoms with Gasteiger partial charge in [-0.1, -0.05) is 12.1 Å². The first kappa shape index (κ1) is 14.4. The molecule has 2 amide bonds. The van der Waals surface area contributed by atoms with Gasteiger partial charge in [0.2, 0.25) is 5.91 Å². The zero-order valence-corrected chi connectivity index (χ0v) is 13.2. The number of H-pyrrole nitrogens is 1. The van der Waals surface area contributed by atoms with Crippen molar-refractivity contribution in [1.29, 1.82) is 0 Å². The third-order valence-corrected chi connectivity index (χ3v) is 5.30. The first-order valence-electron chi connectivity index (χ1n) is 8.23. The monoisotopic (exact) mass is 313 g/mol. The molecule has 1 aromatic carbocycles. The van der Waals surface area contributed by atoms with Gasteiger partial charge in [0.1, 0.15) is 5.82 Å². The molecule has 6 nitrogen and oxygen atoms in total. The molecule has 2 fully saturated rings. The van der Waals surface area contributed by atoms with Gasteiger partial charge >= 0.3 is 0 Å². The highest BCUT2D eigenvalue weighted by Crippen LogP contribution is 2.24. The number of nitrogens with zero attached hydrogens (tertiary/aromatic N) is 2. The van der Waals surface area contributed by atoms with Crippen LogP contribution in [0.4, 0.5) is 0 Å². The van der Waals surface area contributed by atoms with Crippen molar-refractivity contribution in [2.24, 2.45) is 0 Å². The third-order valence-electron chi connectivity index (χ3n) is 5.30. The second-order valence-corrected chi connectivity index (χ2v) is 6.62. The van der Waals surface area contributed by atoms with Crippen molar-refractivity contribution in [3.63, 3.8) is 0 Å². The number of aromatic amines is 1. The quantitative estimate of drug-likeness (QED) is 0.772. The van der Waals surface area contributed by atoms with Crippen LogP contribution >= 0.6 is 0 Å². The largest absolute Gasteiger partial charge is 0.342 e. The lowest BCUT2D eigenvalue weighted by Crippen LogP contribution is -3.17. The summed E-state index contributed by atoms with van der Waals surface area (Å²) in [5.74, 6) is 1.39. The molecule has 0 saturated carbocycles. The first-order chi connectivity index (χ1) is 11.1. The number of fused-ring (bicyclic) bond motifs is 1. The minimum Gasteiger partial charge on any atom is -0.342 e. The van der Waals surface area contributed by atoms with Crippen LogP contribution < -0.4 is 4.90 Å². The maximum absolute atomic E-state index is 12.1. The predicted octanol–water partition coefficient (Wildman–Crippen LogP) is 0.0825. The lowest BCUT2D eigenvalue weighted by molar-refractivity contribution is -0.920. The zero-order valence-electron chi connectivity index (χ0n) is 13.2. The number of piperidine rings is 1. The first-order valence-corrected chi connectivity index (χ1v) is 8.23. The fraction of sp³-hybridized carbons (Fsp3) is 0.471. The van der Waals surface area contributed by atoms with Gasteiger partial charge in [0.05, 0.1) is 30.5 Å². The molecule has 1 aromatic heterocycles. The molecule has 0 spiro atoms. The molecule has 3 heterocycles. The van der Waals surface area contributed by atoms with E-state index in [1.807, 2.05) is 24.3 Å². The van der Waals surface area contributed by atoms with E-state index in [1.54, 1.807) is 7.05 Å². The van der Waals surface area contributed by atoms with Crippen molar-refractivity contribution in [3.05, 3.63) is 30.1 Å². The van der Waals surface area contributed by atoms with Crippen LogP contribution in [0.1, 0.15) is 31.0 Å². The lowest BCUT2D eigenvalue weighted by atomic mass is 9.95. The molecule has 23 heavy (non-hydrogen) atoms. The number of amides is 2. The zero-order chi connectivity index (χ0) is 16.0. The Hall–Kier alpha value is -2.21. The van der Waals surface area contributed by atoms with E-state index in [9.17, 15) is 9.59 Å². The molecule has 0 bridgehead atoms. The fourth-order valence-electron chi connectivity index (χ4n) is 3.85. The van der Waals surface area contributed by atoms with Crippen LogP contribution in [-0.2, 0) is 9.59 Å². The summed E-state index contributed by atoms with van der Waals surface area (Å²) in [6.45, 7) is 1.83. The smallest absolute Gasteiger partial charge is 0.287 e. The number of likely N-dealkylation sites (tertiary alicyclic amines) is 2. The molecule has 2 aromatic rings. The van der Waals surface area contributed by atoms with Crippen molar-refractivity contribution in [1.82, 2.24) is 14.9 Å². The summed E-state index contributed by atoms with van der Waals surface area (Å²) in [6, 6.07) is 7.90. The van der Waals surface area contributed by atoms with E-state index in [4.69, 9.17) is 4.98 Å². The molecule has 2 aliphatic rings. The number of imidazole rings is 1. The second kappa shape index (κ2) is 5.45. The van der Waals surface area contributed by atoms with E-state index in [-0.39, 0.29) is 17.9 Å². The Morgan fingerprint density at radius 2 is 1.96 bits per heavy atom. The average Bonchev–Trinajstić information content (AvgIpc) is 3.12. The number of benzene rings is 1. The Morgan fingerprint density at radius 1 is 1.22 bits per heavy atom. The van der Waals surface area contributed by atoms with Crippen LogP contribution in [0.25, 0.3) is 11.0 Å². The van der Waals surface area contributed by atoms with E-state index in [2.05, 4.69) is 4.98 Å². The topological polar surface area (TPSA) is 70.5 Å². The van der Waals surface area contributed by atoms with Crippen LogP contribution in [0.2, 0.25) is 0 Å². The number of hydrogen-bond donors (Lipinski definition) is 2. The van der Waals surface area contributed by atoms with Crippen LogP contribution in [0.15, 0.2) is 24.3 Å². The van der Waals surface area contributed by atoms with Crippen molar-refractivity contribution in [3.8, 4) is 0 Å². The van der Waals surface area contributed by atoms with Crippen molar-refractivity contribution >= 4 is 22.8 Å². The molecule has 0 unspecified atom stereocenters. The Labute approximate surface area is 134 Å². The average molecular weight is 313 g/mol. The van der Waals surface area contributed by atoms with E-state index >= 15 is 0 Å². The van der Waals surface area contributed by atoms with Gasteiger partial charge in [0, 0.05) is 25.8 Å². The van der Waals surface area contributed by atoms with Gasteiger partial charge in [-0.2, -0.15) is 0 Å². The summed E-state index contributed by atoms with van der Waals surface area (Å²) in [4.78, 5) is 34.5. The molecule has 0 aliphatic carbocycles. The Bertz CT molecular complexity index is 728. The number of nitrogens with one attached hydrogen (secondary N) is 2. The SMILES string of the molecule is CN1C(=O)C[C@H]([NH+]2CCC(c3nc4ccccc4[nH]3)CC2)C1=O. The molecule has 2 saturated heterocycles. The summed E-state index contributed by atoms with van der Waals surface area (Å²) >= 11 is 0. The van der Waals surface area contributed by atoms with Crippen molar-refractivity contribution in [2.45, 2.75) is 31.2 Å². The number of para-hydroxylation sites is 2. The van der Waals surface area contributed by atoms with Gasteiger partial charge in [-0.3, -0.25) is 14.5 Å².